The van der Waals surface area contributed by atoms with Crippen LogP contribution < -0.4 is 16.6 Å². The van der Waals surface area contributed by atoms with E-state index in [9.17, 15) is 14.0 Å². The van der Waals surface area contributed by atoms with Crippen LogP contribution in [0.4, 0.5) is 15.9 Å². The summed E-state index contributed by atoms with van der Waals surface area (Å²) in [4.78, 5) is 32.8. The van der Waals surface area contributed by atoms with Crippen LogP contribution in [0.5, 0.6) is 0 Å². The highest BCUT2D eigenvalue weighted by atomic mass is 19.1. The normalized spacial score (nSPS) is 14.3. The number of anilines is 2. The van der Waals surface area contributed by atoms with E-state index in [0.717, 1.165) is 61.4 Å². The molecule has 0 aliphatic carbocycles. The average Bonchev–Trinajstić information content (AvgIpc) is 3.42. The Balaban J connectivity index is 1.23. The van der Waals surface area contributed by atoms with E-state index >= 15 is 0 Å². The number of fused-ring (bicyclic) bond motifs is 1. The second kappa shape index (κ2) is 12.2. The molecule has 5 aromatic rings. The van der Waals surface area contributed by atoms with E-state index in [2.05, 4.69) is 26.4 Å². The molecule has 0 atom stereocenters. The van der Waals surface area contributed by atoms with E-state index in [0.29, 0.717) is 23.1 Å². The van der Waals surface area contributed by atoms with Gasteiger partial charge in [0, 0.05) is 48.4 Å². The van der Waals surface area contributed by atoms with Gasteiger partial charge in [0.15, 0.2) is 5.82 Å². The third-order valence-corrected chi connectivity index (χ3v) is 7.98. The summed E-state index contributed by atoms with van der Waals surface area (Å²) >= 11 is 0. The number of nitrogens with zero attached hydrogens (tertiary/aromatic N) is 5. The van der Waals surface area contributed by atoms with Gasteiger partial charge in [0.25, 0.3) is 11.5 Å². The summed E-state index contributed by atoms with van der Waals surface area (Å²) in [5.41, 5.74) is 10.5. The summed E-state index contributed by atoms with van der Waals surface area (Å²) in [6, 6.07) is 18.1. The number of hydrogen-bond donors (Lipinski definition) is 2. The number of nitrogens with two attached hydrogens (primary N) is 1. The summed E-state index contributed by atoms with van der Waals surface area (Å²) in [6.07, 6.45) is 5.03. The van der Waals surface area contributed by atoms with E-state index in [-0.39, 0.29) is 5.56 Å². The van der Waals surface area contributed by atoms with Crippen LogP contribution >= 0.6 is 0 Å². The minimum atomic E-state index is -0.541. The van der Waals surface area contributed by atoms with Gasteiger partial charge < -0.3 is 20.7 Å². The molecule has 0 bridgehead atoms. The Morgan fingerprint density at radius 2 is 1.84 bits per heavy atom. The lowest BCUT2D eigenvalue weighted by atomic mass is 9.93. The zero-order valence-electron chi connectivity index (χ0n) is 23.7. The number of methoxy groups -OCH3 is 1. The van der Waals surface area contributed by atoms with Crippen molar-refractivity contribution in [1.29, 1.82) is 0 Å². The monoisotopic (exact) mass is 581 g/mol. The Bertz CT molecular complexity index is 1810. The third kappa shape index (κ3) is 5.77. The fourth-order valence-corrected chi connectivity index (χ4v) is 5.68. The van der Waals surface area contributed by atoms with Crippen LogP contribution in [0.2, 0.25) is 0 Å². The van der Waals surface area contributed by atoms with Crippen LogP contribution in [0.1, 0.15) is 34.8 Å². The molecular weight excluding hydrogens is 549 g/mol. The predicted octanol–water partition coefficient (Wildman–Crippen LogP) is 4.35. The summed E-state index contributed by atoms with van der Waals surface area (Å²) in [6.45, 7) is 3.63. The molecule has 3 N–H and O–H groups in total. The van der Waals surface area contributed by atoms with Crippen molar-refractivity contribution in [2.24, 2.45) is 0 Å². The number of nitrogens with one attached hydrogen (secondary N) is 1. The van der Waals surface area contributed by atoms with Gasteiger partial charge in [-0.15, -0.1) is 0 Å². The van der Waals surface area contributed by atoms with Gasteiger partial charge in [0.2, 0.25) is 0 Å². The number of rotatable bonds is 8. The van der Waals surface area contributed by atoms with Crippen LogP contribution in [0.25, 0.3) is 22.3 Å². The number of pyridine rings is 1. The van der Waals surface area contributed by atoms with Crippen LogP contribution in [-0.2, 0) is 4.74 Å². The van der Waals surface area contributed by atoms with E-state index in [4.69, 9.17) is 10.5 Å². The molecule has 43 heavy (non-hydrogen) atoms. The molecule has 0 saturated carbocycles. The Labute approximate surface area is 247 Å². The maximum Gasteiger partial charge on any atom is 0.267 e. The first-order valence-corrected chi connectivity index (χ1v) is 14.2. The molecule has 220 valence electrons. The molecule has 1 saturated heterocycles. The first-order valence-electron chi connectivity index (χ1n) is 14.2. The number of aromatic nitrogens is 4. The van der Waals surface area contributed by atoms with Gasteiger partial charge in [0.05, 0.1) is 6.61 Å². The number of piperidine rings is 1. The van der Waals surface area contributed by atoms with Gasteiger partial charge in [0.1, 0.15) is 23.2 Å². The van der Waals surface area contributed by atoms with Gasteiger partial charge in [-0.05, 0) is 86.1 Å². The van der Waals surface area contributed by atoms with Crippen LogP contribution in [0.15, 0.2) is 84.0 Å². The van der Waals surface area contributed by atoms with Crippen LogP contribution in [-0.4, -0.2) is 63.3 Å². The van der Waals surface area contributed by atoms with Crippen molar-refractivity contribution in [3.05, 3.63) is 107 Å². The van der Waals surface area contributed by atoms with Gasteiger partial charge >= 0.3 is 0 Å². The molecule has 0 spiro atoms. The summed E-state index contributed by atoms with van der Waals surface area (Å²) in [7, 11) is 1.73. The highest BCUT2D eigenvalue weighted by Crippen LogP contribution is 2.37. The van der Waals surface area contributed by atoms with Crippen molar-refractivity contribution in [1.82, 2.24) is 24.1 Å². The molecule has 1 fully saturated rings. The highest BCUT2D eigenvalue weighted by Gasteiger charge is 2.26. The van der Waals surface area contributed by atoms with E-state index in [1.807, 2.05) is 16.6 Å². The number of halogens is 1. The lowest BCUT2D eigenvalue weighted by Crippen LogP contribution is -2.35. The molecule has 4 heterocycles. The number of carbonyl (C=O) groups excluding carboxylic acids is 1. The van der Waals surface area contributed by atoms with Crippen molar-refractivity contribution in [3.8, 4) is 16.8 Å². The number of carbonyl (C=O) groups is 1. The fourth-order valence-electron chi connectivity index (χ4n) is 5.68. The number of benzene rings is 2. The Hall–Kier alpha value is -4.87. The molecule has 1 aliphatic heterocycles. The standard InChI is InChI=1S/C32H32FN7O3/c1-43-18-17-38-15-12-22(13-16-38)28-19-27(29-30(34)35-20-36-40(28)29)21-4-8-24(9-5-21)37-31(41)26-3-2-14-39(32(26)42)25-10-6-23(33)7-11-25/h2-11,14,19-20,22H,12-13,15-18H2,1H3,(H,37,41)(H2,34,35,36). The first-order chi connectivity index (χ1) is 20.9. The second-order valence-electron chi connectivity index (χ2n) is 10.6. The predicted molar refractivity (Wildman–Crippen MR) is 163 cm³/mol. The van der Waals surface area contributed by atoms with Crippen molar-refractivity contribution < 1.29 is 13.9 Å². The quantitative estimate of drug-likeness (QED) is 0.280. The summed E-state index contributed by atoms with van der Waals surface area (Å²) in [5.74, 6) is -0.223. The minimum absolute atomic E-state index is 0.0304. The van der Waals surface area contributed by atoms with Crippen LogP contribution in [0, 0.1) is 5.82 Å². The molecule has 1 amide bonds. The molecule has 11 heteroatoms. The third-order valence-electron chi connectivity index (χ3n) is 7.98. The molecule has 0 radical (unpaired) electrons. The molecular formula is C32H32FN7O3. The fraction of sp³-hybridized carbons (Fsp3) is 0.250. The Morgan fingerprint density at radius 3 is 2.56 bits per heavy atom. The lowest BCUT2D eigenvalue weighted by molar-refractivity contribution is 0.102. The molecule has 2 aromatic carbocycles. The highest BCUT2D eigenvalue weighted by molar-refractivity contribution is 6.04. The topological polar surface area (TPSA) is 120 Å². The van der Waals surface area contributed by atoms with Gasteiger partial charge in [-0.3, -0.25) is 14.2 Å². The number of hydrogen-bond acceptors (Lipinski definition) is 7. The maximum absolute atomic E-state index is 13.3. The van der Waals surface area contributed by atoms with Crippen molar-refractivity contribution in [3.63, 3.8) is 0 Å². The molecule has 1 aliphatic rings. The van der Waals surface area contributed by atoms with E-state index in [1.165, 1.54) is 47.4 Å². The molecule has 6 rings (SSSR count). The SMILES string of the molecule is COCCN1CCC(c2cc(-c3ccc(NC(=O)c4cccn(-c5ccc(F)cc5)c4=O)cc3)c3c(N)ncnn23)CC1. The van der Waals surface area contributed by atoms with Gasteiger partial charge in [-0.2, -0.15) is 5.10 Å². The molecule has 3 aromatic heterocycles. The zero-order valence-corrected chi connectivity index (χ0v) is 23.7. The van der Waals surface area contributed by atoms with Crippen molar-refractivity contribution in [2.75, 3.05) is 44.4 Å². The Kier molecular flexibility index (Phi) is 7.99. The number of nitrogen functional groups attached to an aromatic ring is 1. The van der Waals surface area contributed by atoms with E-state index in [1.54, 1.807) is 25.3 Å². The zero-order chi connectivity index (χ0) is 29.9. The van der Waals surface area contributed by atoms with Crippen molar-refractivity contribution in [2.45, 2.75) is 18.8 Å². The number of ether oxygens (including phenoxy) is 1. The smallest absolute Gasteiger partial charge is 0.267 e. The van der Waals surface area contributed by atoms with Gasteiger partial charge in [-0.25, -0.2) is 13.9 Å². The molecule has 0 unspecified atom stereocenters. The average molecular weight is 582 g/mol. The van der Waals surface area contributed by atoms with Crippen LogP contribution in [0.3, 0.4) is 0 Å². The first kappa shape index (κ1) is 28.3. The van der Waals surface area contributed by atoms with E-state index < -0.39 is 17.3 Å². The summed E-state index contributed by atoms with van der Waals surface area (Å²) < 4.78 is 21.8. The lowest BCUT2D eigenvalue weighted by Gasteiger charge is -2.31. The van der Waals surface area contributed by atoms with Crippen molar-refractivity contribution >= 4 is 22.9 Å². The second-order valence-corrected chi connectivity index (χ2v) is 10.6. The maximum atomic E-state index is 13.3. The number of likely N-dealkylation sites (tertiary alicyclic amines) is 1. The molecule has 10 nitrogen and oxygen atoms in total. The van der Waals surface area contributed by atoms with Gasteiger partial charge in [-0.1, -0.05) is 12.1 Å². The summed E-state index contributed by atoms with van der Waals surface area (Å²) in [5, 5.41) is 7.36. The number of amides is 1. The Morgan fingerprint density at radius 1 is 1.09 bits per heavy atom. The minimum Gasteiger partial charge on any atom is -0.383 e. The largest absolute Gasteiger partial charge is 0.383 e.